The molecule has 67 heavy (non-hydrogen) atoms. The molecule has 3 atom stereocenters. The van der Waals surface area contributed by atoms with Crippen LogP contribution in [0.4, 0.5) is 5.69 Å². The molecule has 0 radical (unpaired) electrons. The van der Waals surface area contributed by atoms with Crippen LogP contribution >= 0.6 is 11.6 Å². The number of anilines is 1. The van der Waals surface area contributed by atoms with Crippen molar-refractivity contribution < 1.29 is 33.6 Å². The maximum absolute atomic E-state index is 13.2. The average molecular weight is 934 g/mol. The molecule has 2 spiro atoms. The number of halogens is 1. The molecule has 358 valence electrons. The number of carboxylic acid groups (broad SMARTS) is 1. The van der Waals surface area contributed by atoms with E-state index in [2.05, 4.69) is 59.4 Å². The molecule has 2 aliphatic heterocycles. The Kier molecular flexibility index (Phi) is 14.4. The van der Waals surface area contributed by atoms with Gasteiger partial charge in [-0.15, -0.1) is 0 Å². The number of likely N-dealkylation sites (tertiary alicyclic amines) is 1. The normalized spacial score (nSPS) is 24.2. The van der Waals surface area contributed by atoms with Crippen LogP contribution < -0.4 is 19.5 Å². The number of benzene rings is 3. The molecule has 1 amide bonds. The molecule has 3 fully saturated rings. The van der Waals surface area contributed by atoms with E-state index in [0.29, 0.717) is 74.3 Å². The van der Waals surface area contributed by atoms with E-state index in [0.717, 1.165) is 113 Å². The zero-order chi connectivity index (χ0) is 46.6. The second kappa shape index (κ2) is 20.4. The van der Waals surface area contributed by atoms with Crippen LogP contribution in [0.25, 0.3) is 0 Å². The lowest BCUT2D eigenvalue weighted by Crippen LogP contribution is -2.66. The number of carbonyl (C=O) groups excluding carboxylic acids is 1. The molecule has 1 saturated carbocycles. The fraction of sp³-hybridized carbons (Fsp3) is 0.545. The number of fused-ring (bicyclic) bond motifs is 3. The minimum atomic E-state index is -1.11. The monoisotopic (exact) mass is 932 g/mol. The van der Waals surface area contributed by atoms with Gasteiger partial charge in [0.1, 0.15) is 29.4 Å². The van der Waals surface area contributed by atoms with Crippen molar-refractivity contribution in [2.75, 3.05) is 71.6 Å². The van der Waals surface area contributed by atoms with Gasteiger partial charge in [-0.2, -0.15) is 0 Å². The van der Waals surface area contributed by atoms with E-state index >= 15 is 0 Å². The highest BCUT2D eigenvalue weighted by atomic mass is 35.5. The molecule has 12 heteroatoms. The quantitative estimate of drug-likeness (QED) is 0.0829. The summed E-state index contributed by atoms with van der Waals surface area (Å²) in [5.41, 5.74) is 6.00. The van der Waals surface area contributed by atoms with E-state index in [9.17, 15) is 14.7 Å². The third kappa shape index (κ3) is 10.6. The van der Waals surface area contributed by atoms with Gasteiger partial charge in [-0.05, 0) is 159 Å². The van der Waals surface area contributed by atoms with Crippen LogP contribution in [0.5, 0.6) is 17.2 Å². The van der Waals surface area contributed by atoms with Gasteiger partial charge in [0.25, 0.3) is 0 Å². The first-order valence-corrected chi connectivity index (χ1v) is 25.2. The van der Waals surface area contributed by atoms with Crippen LogP contribution in [-0.4, -0.2) is 104 Å². The smallest absolute Gasteiger partial charge is 0.329 e. The largest absolute Gasteiger partial charge is 0.494 e. The molecule has 2 N–H and O–H groups in total. The molecule has 4 aromatic rings. The van der Waals surface area contributed by atoms with Crippen molar-refractivity contribution >= 4 is 29.2 Å². The first-order chi connectivity index (χ1) is 32.4. The number of aryl methyl sites for hydroxylation is 1. The zero-order valence-electron chi connectivity index (χ0n) is 39.7. The van der Waals surface area contributed by atoms with E-state index < -0.39 is 11.5 Å². The first kappa shape index (κ1) is 47.2. The van der Waals surface area contributed by atoms with Crippen LogP contribution in [0.15, 0.2) is 79.0 Å². The van der Waals surface area contributed by atoms with Gasteiger partial charge in [0.2, 0.25) is 5.91 Å². The lowest BCUT2D eigenvalue weighted by atomic mass is 9.59. The highest BCUT2D eigenvalue weighted by Gasteiger charge is 2.54. The van der Waals surface area contributed by atoms with Crippen molar-refractivity contribution in [1.82, 2.24) is 14.8 Å². The van der Waals surface area contributed by atoms with E-state index in [1.807, 2.05) is 48.5 Å². The highest BCUT2D eigenvalue weighted by molar-refractivity contribution is 6.30. The minimum Gasteiger partial charge on any atom is -0.494 e. The predicted octanol–water partition coefficient (Wildman–Crippen LogP) is 9.77. The molecule has 3 aliphatic carbocycles. The van der Waals surface area contributed by atoms with Crippen LogP contribution in [-0.2, 0) is 39.0 Å². The molecule has 11 nitrogen and oxygen atoms in total. The number of aliphatic carboxylic acids is 1. The molecule has 1 aromatic heterocycles. The molecular weight excluding hydrogens is 864 g/mol. The number of carbonyl (C=O) groups is 2. The fourth-order valence-corrected chi connectivity index (χ4v) is 12.1. The van der Waals surface area contributed by atoms with E-state index in [-0.39, 0.29) is 17.2 Å². The van der Waals surface area contributed by atoms with Gasteiger partial charge >= 0.3 is 5.97 Å². The van der Waals surface area contributed by atoms with Crippen LogP contribution in [0.1, 0.15) is 106 Å². The van der Waals surface area contributed by atoms with E-state index in [4.69, 9.17) is 30.5 Å². The summed E-state index contributed by atoms with van der Waals surface area (Å²) < 4.78 is 24.5. The number of rotatable bonds is 20. The van der Waals surface area contributed by atoms with Gasteiger partial charge in [-0.3, -0.25) is 14.7 Å². The fourth-order valence-electron chi connectivity index (χ4n) is 11.9. The number of ether oxygens (including phenoxy) is 4. The van der Waals surface area contributed by atoms with Crippen LogP contribution in [0.3, 0.4) is 0 Å². The molecule has 0 unspecified atom stereocenters. The van der Waals surface area contributed by atoms with Gasteiger partial charge in [0, 0.05) is 73.2 Å². The van der Waals surface area contributed by atoms with Gasteiger partial charge < -0.3 is 34.3 Å². The van der Waals surface area contributed by atoms with Gasteiger partial charge in [0.15, 0.2) is 0 Å². The molecule has 2 saturated heterocycles. The Hall–Kier alpha value is -4.84. The summed E-state index contributed by atoms with van der Waals surface area (Å²) in [6.45, 7) is 11.8. The Morgan fingerprint density at radius 1 is 0.985 bits per heavy atom. The Balaban J connectivity index is 0.801. The minimum absolute atomic E-state index is 0.0999. The number of amides is 1. The molecule has 9 rings (SSSR count). The van der Waals surface area contributed by atoms with Crippen molar-refractivity contribution in [1.29, 1.82) is 0 Å². The number of carboxylic acids is 1. The van der Waals surface area contributed by atoms with Crippen LogP contribution in [0, 0.1) is 17.3 Å². The Morgan fingerprint density at radius 2 is 1.78 bits per heavy atom. The second-order valence-corrected chi connectivity index (χ2v) is 21.2. The van der Waals surface area contributed by atoms with Crippen molar-refractivity contribution in [3.8, 4) is 17.2 Å². The lowest BCUT2D eigenvalue weighted by molar-refractivity contribution is -0.189. The number of aromatic nitrogens is 1. The maximum atomic E-state index is 13.2. The molecule has 3 heterocycles. The molecule has 3 aromatic carbocycles. The summed E-state index contributed by atoms with van der Waals surface area (Å²) in [6, 6.07) is 24.1. The second-order valence-electron chi connectivity index (χ2n) is 20.7. The first-order valence-electron chi connectivity index (χ1n) is 24.8. The van der Waals surface area contributed by atoms with Gasteiger partial charge in [0.05, 0.1) is 26.4 Å². The summed E-state index contributed by atoms with van der Waals surface area (Å²) in [5.74, 6) is 2.93. The van der Waals surface area contributed by atoms with Crippen molar-refractivity contribution in [3.05, 3.63) is 112 Å². The van der Waals surface area contributed by atoms with Crippen molar-refractivity contribution in [3.63, 3.8) is 0 Å². The summed E-state index contributed by atoms with van der Waals surface area (Å²) in [6.07, 6.45) is 11.3. The third-order valence-corrected chi connectivity index (χ3v) is 16.0. The SMILES string of the molecule is C[C@@H](COc1ccnc2c1[C@H](C)CCC2)C[C@H]1Cc2ccc(OCCCC(=O)N(C)CCc3cccc(OCCN4CC5(COC5)C4)c3)cc2C12CCC(Nc1cccc(Cl)c1)(C(=O)O)CC2. The number of likely N-dealkylation sites (N-methyl/N-ethyl adjacent to an activating group) is 1. The van der Waals surface area contributed by atoms with Crippen molar-refractivity contribution in [2.24, 2.45) is 17.3 Å². The van der Waals surface area contributed by atoms with E-state index in [1.165, 1.54) is 22.4 Å². The van der Waals surface area contributed by atoms with E-state index in [1.54, 1.807) is 12.1 Å². The topological polar surface area (TPSA) is 123 Å². The number of hydrogen-bond acceptors (Lipinski definition) is 9. The standard InChI is InChI=1S/C55H69ClN4O7/c1-38(33-67-49-17-23-57-48-13-4-8-39(2)51(48)49)28-42-30-41-15-16-46(32-47(41)54(42)19-21-55(22-20-54,52(62)63)58-44-11-6-10-43(56)31-44)65-26-7-14-50(61)59(3)24-18-40-9-5-12-45(29-40)66-27-25-60-34-53(35-60)36-64-37-53/h5-6,9-12,15-17,23,29,31-32,38-39,42,58H,4,7-8,13-14,18-22,24-28,30,33-37H2,1-3H3,(H,62,63)/t38-,39-,42+,54?,55?/m1/s1. The number of hydrogen-bond donors (Lipinski definition) is 2. The summed E-state index contributed by atoms with van der Waals surface area (Å²) in [4.78, 5) is 35.3. The summed E-state index contributed by atoms with van der Waals surface area (Å²) >= 11 is 6.34. The maximum Gasteiger partial charge on any atom is 0.329 e. The molecular formula is C55H69ClN4O7. The Labute approximate surface area is 401 Å². The van der Waals surface area contributed by atoms with Crippen molar-refractivity contribution in [2.45, 2.75) is 108 Å². The number of nitrogens with zero attached hydrogens (tertiary/aromatic N) is 3. The third-order valence-electron chi connectivity index (χ3n) is 15.7. The predicted molar refractivity (Wildman–Crippen MR) is 262 cm³/mol. The van der Waals surface area contributed by atoms with Gasteiger partial charge in [-0.1, -0.05) is 49.7 Å². The van der Waals surface area contributed by atoms with Gasteiger partial charge in [-0.25, -0.2) is 4.79 Å². The van der Waals surface area contributed by atoms with Crippen LogP contribution in [0.2, 0.25) is 5.02 Å². The Bertz CT molecular complexity index is 2370. The molecule has 5 aliphatic rings. The number of pyridine rings is 1. The zero-order valence-corrected chi connectivity index (χ0v) is 40.5. The summed E-state index contributed by atoms with van der Waals surface area (Å²) in [5, 5.41) is 14.7. The Morgan fingerprint density at radius 3 is 2.55 bits per heavy atom. The number of nitrogens with one attached hydrogen (secondary N) is 1. The summed E-state index contributed by atoms with van der Waals surface area (Å²) in [7, 11) is 1.88. The lowest BCUT2D eigenvalue weighted by Gasteiger charge is -2.55. The average Bonchev–Trinajstić information content (AvgIpc) is 3.58. The molecule has 0 bridgehead atoms. The highest BCUT2D eigenvalue weighted by Crippen LogP contribution is 2.57.